The van der Waals surface area contributed by atoms with Gasteiger partial charge in [0.1, 0.15) is 11.6 Å². The predicted molar refractivity (Wildman–Crippen MR) is 55.0 cm³/mol. The van der Waals surface area contributed by atoms with Crippen LogP contribution in [0.4, 0.5) is 4.39 Å². The fourth-order valence-electron chi connectivity index (χ4n) is 1.03. The Morgan fingerprint density at radius 1 is 1.36 bits per heavy atom. The van der Waals surface area contributed by atoms with Gasteiger partial charge in [0.2, 0.25) is 0 Å². The molecule has 0 heterocycles. The standard InChI is InChI=1S/C11H16FNO/c1-9(13-2)7-8-14-11-5-3-10(12)4-6-11/h3-6,9,13H,7-8H2,1-2H3. The zero-order chi connectivity index (χ0) is 10.4. The van der Waals surface area contributed by atoms with Crippen molar-refractivity contribution in [3.63, 3.8) is 0 Å². The van der Waals surface area contributed by atoms with Crippen molar-refractivity contribution in [2.75, 3.05) is 13.7 Å². The maximum atomic E-state index is 12.5. The molecule has 0 aromatic heterocycles. The summed E-state index contributed by atoms with van der Waals surface area (Å²) in [6, 6.07) is 6.52. The Morgan fingerprint density at radius 3 is 2.57 bits per heavy atom. The molecule has 0 aliphatic carbocycles. The highest BCUT2D eigenvalue weighted by atomic mass is 19.1. The molecule has 1 aromatic rings. The lowest BCUT2D eigenvalue weighted by Gasteiger charge is -2.10. The molecule has 1 unspecified atom stereocenters. The molecule has 14 heavy (non-hydrogen) atoms. The third kappa shape index (κ3) is 3.75. The van der Waals surface area contributed by atoms with E-state index < -0.39 is 0 Å². The van der Waals surface area contributed by atoms with Gasteiger partial charge in [-0.25, -0.2) is 4.39 Å². The molecule has 0 fully saturated rings. The quantitative estimate of drug-likeness (QED) is 0.781. The van der Waals surface area contributed by atoms with Crippen LogP contribution in [0.2, 0.25) is 0 Å². The summed E-state index contributed by atoms with van der Waals surface area (Å²) in [4.78, 5) is 0. The van der Waals surface area contributed by atoms with Gasteiger partial charge in [-0.3, -0.25) is 0 Å². The Bertz CT molecular complexity index is 260. The molecule has 1 rings (SSSR count). The van der Waals surface area contributed by atoms with Crippen molar-refractivity contribution in [3.8, 4) is 5.75 Å². The monoisotopic (exact) mass is 197 g/mol. The highest BCUT2D eigenvalue weighted by Gasteiger charge is 1.98. The Kier molecular flexibility index (Phi) is 4.40. The second-order valence-corrected chi connectivity index (χ2v) is 3.28. The maximum absolute atomic E-state index is 12.5. The van der Waals surface area contributed by atoms with Crippen LogP contribution in [0.3, 0.4) is 0 Å². The number of hydrogen-bond acceptors (Lipinski definition) is 2. The van der Waals surface area contributed by atoms with Crippen LogP contribution in [0, 0.1) is 5.82 Å². The molecule has 0 saturated heterocycles. The molecule has 1 aromatic carbocycles. The molecular weight excluding hydrogens is 181 g/mol. The Balaban J connectivity index is 2.28. The fraction of sp³-hybridized carbons (Fsp3) is 0.455. The number of benzene rings is 1. The number of nitrogens with one attached hydrogen (secondary N) is 1. The first-order valence-corrected chi connectivity index (χ1v) is 4.78. The van der Waals surface area contributed by atoms with E-state index in [1.54, 1.807) is 12.1 Å². The fourth-order valence-corrected chi connectivity index (χ4v) is 1.03. The lowest BCUT2D eigenvalue weighted by atomic mass is 10.2. The summed E-state index contributed by atoms with van der Waals surface area (Å²) < 4.78 is 18.0. The SMILES string of the molecule is CNC(C)CCOc1ccc(F)cc1. The van der Waals surface area contributed by atoms with Crippen molar-refractivity contribution >= 4 is 0 Å². The Labute approximate surface area is 84.1 Å². The van der Waals surface area contributed by atoms with Gasteiger partial charge in [0.15, 0.2) is 0 Å². The molecule has 0 radical (unpaired) electrons. The van der Waals surface area contributed by atoms with Crippen molar-refractivity contribution in [3.05, 3.63) is 30.1 Å². The van der Waals surface area contributed by atoms with E-state index >= 15 is 0 Å². The highest BCUT2D eigenvalue weighted by molar-refractivity contribution is 5.21. The minimum absolute atomic E-state index is 0.235. The smallest absolute Gasteiger partial charge is 0.123 e. The van der Waals surface area contributed by atoms with Crippen molar-refractivity contribution in [1.29, 1.82) is 0 Å². The lowest BCUT2D eigenvalue weighted by Crippen LogP contribution is -2.23. The van der Waals surface area contributed by atoms with Crippen LogP contribution in [0.15, 0.2) is 24.3 Å². The molecule has 1 N–H and O–H groups in total. The van der Waals surface area contributed by atoms with Gasteiger partial charge in [0, 0.05) is 6.04 Å². The first-order valence-electron chi connectivity index (χ1n) is 4.78. The predicted octanol–water partition coefficient (Wildman–Crippen LogP) is 2.20. The summed E-state index contributed by atoms with van der Waals surface area (Å²) in [6.07, 6.45) is 0.938. The normalized spacial score (nSPS) is 12.5. The summed E-state index contributed by atoms with van der Waals surface area (Å²) in [5.74, 6) is 0.482. The molecule has 1 atom stereocenters. The number of rotatable bonds is 5. The Hall–Kier alpha value is -1.09. The van der Waals surface area contributed by atoms with E-state index in [1.807, 2.05) is 7.05 Å². The molecule has 0 spiro atoms. The number of ether oxygens (including phenoxy) is 1. The second kappa shape index (κ2) is 5.60. The van der Waals surface area contributed by atoms with Crippen LogP contribution in [-0.2, 0) is 0 Å². The van der Waals surface area contributed by atoms with Crippen LogP contribution in [0.25, 0.3) is 0 Å². The molecule has 2 nitrogen and oxygen atoms in total. The van der Waals surface area contributed by atoms with Gasteiger partial charge in [-0.2, -0.15) is 0 Å². The van der Waals surface area contributed by atoms with Crippen molar-refractivity contribution < 1.29 is 9.13 Å². The lowest BCUT2D eigenvalue weighted by molar-refractivity contribution is 0.293. The van der Waals surface area contributed by atoms with Crippen molar-refractivity contribution in [1.82, 2.24) is 5.32 Å². The van der Waals surface area contributed by atoms with Crippen molar-refractivity contribution in [2.45, 2.75) is 19.4 Å². The summed E-state index contributed by atoms with van der Waals surface area (Å²) in [7, 11) is 1.92. The van der Waals surface area contributed by atoms with Crippen LogP contribution in [-0.4, -0.2) is 19.7 Å². The van der Waals surface area contributed by atoms with E-state index in [-0.39, 0.29) is 5.82 Å². The van der Waals surface area contributed by atoms with Crippen LogP contribution in [0.1, 0.15) is 13.3 Å². The largest absolute Gasteiger partial charge is 0.494 e. The van der Waals surface area contributed by atoms with Gasteiger partial charge in [-0.15, -0.1) is 0 Å². The minimum atomic E-state index is -0.235. The molecule has 0 aliphatic rings. The van der Waals surface area contributed by atoms with E-state index in [0.29, 0.717) is 12.6 Å². The average molecular weight is 197 g/mol. The molecule has 0 amide bonds. The first-order chi connectivity index (χ1) is 6.72. The second-order valence-electron chi connectivity index (χ2n) is 3.28. The first kappa shape index (κ1) is 11.0. The molecule has 0 aliphatic heterocycles. The summed E-state index contributed by atoms with van der Waals surface area (Å²) in [6.45, 7) is 2.74. The van der Waals surface area contributed by atoms with Gasteiger partial charge < -0.3 is 10.1 Å². The van der Waals surface area contributed by atoms with Crippen molar-refractivity contribution in [2.24, 2.45) is 0 Å². The van der Waals surface area contributed by atoms with Gasteiger partial charge in [-0.1, -0.05) is 0 Å². The van der Waals surface area contributed by atoms with Crippen LogP contribution < -0.4 is 10.1 Å². The number of halogens is 1. The molecular formula is C11H16FNO. The third-order valence-electron chi connectivity index (χ3n) is 2.13. The molecule has 3 heteroatoms. The summed E-state index contributed by atoms with van der Waals surface area (Å²) >= 11 is 0. The van der Waals surface area contributed by atoms with E-state index in [1.165, 1.54) is 12.1 Å². The van der Waals surface area contributed by atoms with Crippen LogP contribution >= 0.6 is 0 Å². The Morgan fingerprint density at radius 2 is 2.00 bits per heavy atom. The van der Waals surface area contributed by atoms with E-state index in [0.717, 1.165) is 12.2 Å². The van der Waals surface area contributed by atoms with Gasteiger partial charge in [0.05, 0.1) is 6.61 Å². The minimum Gasteiger partial charge on any atom is -0.494 e. The molecule has 0 saturated carbocycles. The van der Waals surface area contributed by atoms with E-state index in [9.17, 15) is 4.39 Å². The highest BCUT2D eigenvalue weighted by Crippen LogP contribution is 2.11. The van der Waals surface area contributed by atoms with Crippen LogP contribution in [0.5, 0.6) is 5.75 Å². The molecule has 78 valence electrons. The zero-order valence-electron chi connectivity index (χ0n) is 8.59. The third-order valence-corrected chi connectivity index (χ3v) is 2.13. The van der Waals surface area contributed by atoms with Gasteiger partial charge in [-0.05, 0) is 44.7 Å². The van der Waals surface area contributed by atoms with E-state index in [2.05, 4.69) is 12.2 Å². The maximum Gasteiger partial charge on any atom is 0.123 e. The topological polar surface area (TPSA) is 21.3 Å². The number of hydrogen-bond donors (Lipinski definition) is 1. The average Bonchev–Trinajstić information content (AvgIpc) is 2.21. The summed E-state index contributed by atoms with van der Waals surface area (Å²) in [5, 5.41) is 3.12. The zero-order valence-corrected chi connectivity index (χ0v) is 8.59. The summed E-state index contributed by atoms with van der Waals surface area (Å²) in [5.41, 5.74) is 0. The molecule has 0 bridgehead atoms. The van der Waals surface area contributed by atoms with E-state index in [4.69, 9.17) is 4.74 Å². The van der Waals surface area contributed by atoms with Gasteiger partial charge in [0.25, 0.3) is 0 Å². The van der Waals surface area contributed by atoms with Gasteiger partial charge >= 0.3 is 0 Å².